The Morgan fingerprint density at radius 1 is 1.53 bits per heavy atom. The van der Waals surface area contributed by atoms with Crippen molar-refractivity contribution in [3.63, 3.8) is 0 Å². The maximum Gasteiger partial charge on any atom is 0.250 e. The third kappa shape index (κ3) is 3.87. The van der Waals surface area contributed by atoms with Crippen molar-refractivity contribution in [2.75, 3.05) is 6.54 Å². The number of rotatable bonds is 5. The van der Waals surface area contributed by atoms with E-state index in [1.807, 2.05) is 6.92 Å². The standard InChI is InChI=1S/C10H14BrNO3S2/c1-6(2)8(13)5-12-17(14,15)9-4-7(3)10(11)16-9/h4,6,12H,5H2,1-3H3. The highest BCUT2D eigenvalue weighted by Crippen LogP contribution is 2.30. The monoisotopic (exact) mass is 339 g/mol. The zero-order valence-corrected chi connectivity index (χ0v) is 13.0. The average Bonchev–Trinajstić information content (AvgIpc) is 2.56. The number of carbonyl (C=O) groups is 1. The predicted molar refractivity (Wildman–Crippen MR) is 71.8 cm³/mol. The van der Waals surface area contributed by atoms with Crippen molar-refractivity contribution in [1.82, 2.24) is 4.72 Å². The number of Topliss-reactive ketones (excluding diaryl/α,β-unsaturated/α-hetero) is 1. The first kappa shape index (κ1) is 14.8. The van der Waals surface area contributed by atoms with Gasteiger partial charge in [-0.15, -0.1) is 11.3 Å². The van der Waals surface area contributed by atoms with E-state index in [1.54, 1.807) is 19.9 Å². The highest BCUT2D eigenvalue weighted by atomic mass is 79.9. The molecule has 4 nitrogen and oxygen atoms in total. The fourth-order valence-corrected chi connectivity index (χ4v) is 4.27. The minimum atomic E-state index is -3.57. The van der Waals surface area contributed by atoms with Gasteiger partial charge in [-0.3, -0.25) is 4.79 Å². The zero-order valence-electron chi connectivity index (χ0n) is 9.78. The molecule has 1 aromatic heterocycles. The normalized spacial score (nSPS) is 12.1. The summed E-state index contributed by atoms with van der Waals surface area (Å²) in [6.07, 6.45) is 0. The van der Waals surface area contributed by atoms with Crippen LogP contribution < -0.4 is 4.72 Å². The molecule has 0 unspecified atom stereocenters. The van der Waals surface area contributed by atoms with Crippen LogP contribution in [0.1, 0.15) is 19.4 Å². The molecule has 0 aromatic carbocycles. The van der Waals surface area contributed by atoms with Crippen LogP contribution in [0.15, 0.2) is 14.1 Å². The van der Waals surface area contributed by atoms with Crippen molar-refractivity contribution in [2.45, 2.75) is 25.0 Å². The van der Waals surface area contributed by atoms with E-state index in [-0.39, 0.29) is 22.5 Å². The van der Waals surface area contributed by atoms with Crippen molar-refractivity contribution < 1.29 is 13.2 Å². The Balaban J connectivity index is 2.79. The van der Waals surface area contributed by atoms with Crippen molar-refractivity contribution in [1.29, 1.82) is 0 Å². The Hall–Kier alpha value is -0.240. The lowest BCUT2D eigenvalue weighted by Crippen LogP contribution is -2.31. The summed E-state index contributed by atoms with van der Waals surface area (Å²) in [6, 6.07) is 1.58. The largest absolute Gasteiger partial charge is 0.298 e. The molecule has 1 heterocycles. The van der Waals surface area contributed by atoms with Gasteiger partial charge in [0.2, 0.25) is 10.0 Å². The number of carbonyl (C=O) groups excluding carboxylic acids is 1. The molecule has 0 aliphatic rings. The Morgan fingerprint density at radius 2 is 2.12 bits per heavy atom. The van der Waals surface area contributed by atoms with E-state index < -0.39 is 10.0 Å². The van der Waals surface area contributed by atoms with E-state index in [1.165, 1.54) is 0 Å². The predicted octanol–water partition coefficient (Wildman–Crippen LogP) is 2.32. The van der Waals surface area contributed by atoms with Crippen LogP contribution in [0.2, 0.25) is 0 Å². The molecule has 17 heavy (non-hydrogen) atoms. The molecule has 0 spiro atoms. The van der Waals surface area contributed by atoms with Crippen LogP contribution in [-0.2, 0) is 14.8 Å². The van der Waals surface area contributed by atoms with E-state index in [0.29, 0.717) is 0 Å². The number of hydrogen-bond donors (Lipinski definition) is 1. The number of ketones is 1. The molecule has 7 heteroatoms. The molecule has 1 N–H and O–H groups in total. The number of hydrogen-bond acceptors (Lipinski definition) is 4. The second-order valence-electron chi connectivity index (χ2n) is 3.97. The number of halogens is 1. The zero-order chi connectivity index (χ0) is 13.2. The van der Waals surface area contributed by atoms with Gasteiger partial charge in [-0.2, -0.15) is 0 Å². The molecule has 0 amide bonds. The molecule has 0 aliphatic heterocycles. The van der Waals surface area contributed by atoms with Gasteiger partial charge < -0.3 is 0 Å². The first-order chi connectivity index (χ1) is 7.74. The maximum absolute atomic E-state index is 11.9. The van der Waals surface area contributed by atoms with Crippen LogP contribution in [0.3, 0.4) is 0 Å². The van der Waals surface area contributed by atoms with Crippen molar-refractivity contribution in [3.05, 3.63) is 15.4 Å². The number of thiophene rings is 1. The third-order valence-electron chi connectivity index (χ3n) is 2.18. The Labute approximate surface area is 114 Å². The maximum atomic E-state index is 11.9. The number of nitrogens with one attached hydrogen (secondary N) is 1. The van der Waals surface area contributed by atoms with Crippen molar-refractivity contribution in [3.8, 4) is 0 Å². The SMILES string of the molecule is Cc1cc(S(=O)(=O)NCC(=O)C(C)C)sc1Br. The fourth-order valence-electron chi connectivity index (χ4n) is 1.01. The molecular weight excluding hydrogens is 326 g/mol. The van der Waals surface area contributed by atoms with E-state index in [0.717, 1.165) is 20.7 Å². The summed E-state index contributed by atoms with van der Waals surface area (Å²) in [6.45, 7) is 5.14. The summed E-state index contributed by atoms with van der Waals surface area (Å²) < 4.78 is 27.0. The fraction of sp³-hybridized carbons (Fsp3) is 0.500. The molecule has 0 atom stereocenters. The molecule has 0 aliphatic carbocycles. The van der Waals surface area contributed by atoms with Crippen LogP contribution in [0.5, 0.6) is 0 Å². The first-order valence-corrected chi connectivity index (χ1v) is 8.11. The second-order valence-corrected chi connectivity index (χ2v) is 8.33. The van der Waals surface area contributed by atoms with Crippen molar-refractivity contribution >= 4 is 43.1 Å². The topological polar surface area (TPSA) is 63.2 Å². The summed E-state index contributed by atoms with van der Waals surface area (Å²) in [5.41, 5.74) is 0.866. The van der Waals surface area contributed by atoms with Crippen LogP contribution in [0.25, 0.3) is 0 Å². The molecule has 1 aromatic rings. The summed E-state index contributed by atoms with van der Waals surface area (Å²) in [5, 5.41) is 0. The lowest BCUT2D eigenvalue weighted by atomic mass is 10.1. The van der Waals surface area contributed by atoms with E-state index in [4.69, 9.17) is 0 Å². The molecule has 96 valence electrons. The van der Waals surface area contributed by atoms with E-state index in [2.05, 4.69) is 20.7 Å². The molecular formula is C10H14BrNO3S2. The van der Waals surface area contributed by atoms with Gasteiger partial charge >= 0.3 is 0 Å². The van der Waals surface area contributed by atoms with Gasteiger partial charge in [0, 0.05) is 5.92 Å². The van der Waals surface area contributed by atoms with Gasteiger partial charge in [0.1, 0.15) is 9.99 Å². The van der Waals surface area contributed by atoms with E-state index >= 15 is 0 Å². The van der Waals surface area contributed by atoms with Crippen LogP contribution in [0.4, 0.5) is 0 Å². The lowest BCUT2D eigenvalue weighted by Gasteiger charge is -2.05. The van der Waals surface area contributed by atoms with Gasteiger partial charge in [-0.25, -0.2) is 13.1 Å². The molecule has 1 rings (SSSR count). The summed E-state index contributed by atoms with van der Waals surface area (Å²) in [4.78, 5) is 11.4. The average molecular weight is 340 g/mol. The third-order valence-corrected chi connectivity index (χ3v) is 6.19. The number of aryl methyl sites for hydroxylation is 1. The number of sulfonamides is 1. The van der Waals surface area contributed by atoms with Gasteiger partial charge in [0.25, 0.3) is 0 Å². The quantitative estimate of drug-likeness (QED) is 0.895. The van der Waals surface area contributed by atoms with Gasteiger partial charge in [-0.1, -0.05) is 13.8 Å². The molecule has 0 saturated carbocycles. The molecule has 0 saturated heterocycles. The summed E-state index contributed by atoms with van der Waals surface area (Å²) >= 11 is 4.41. The molecule has 0 bridgehead atoms. The summed E-state index contributed by atoms with van der Waals surface area (Å²) in [7, 11) is -3.57. The Morgan fingerprint density at radius 3 is 2.53 bits per heavy atom. The van der Waals surface area contributed by atoms with Gasteiger partial charge in [0.15, 0.2) is 0 Å². The van der Waals surface area contributed by atoms with Crippen LogP contribution in [0, 0.1) is 12.8 Å². The Bertz CT molecular complexity index is 500. The minimum absolute atomic E-state index is 0.124. The first-order valence-electron chi connectivity index (χ1n) is 5.02. The highest BCUT2D eigenvalue weighted by Gasteiger charge is 2.19. The summed E-state index contributed by atoms with van der Waals surface area (Å²) in [5.74, 6) is -0.296. The van der Waals surface area contributed by atoms with Gasteiger partial charge in [-0.05, 0) is 34.5 Å². The second kappa shape index (κ2) is 5.60. The molecule has 0 fully saturated rings. The molecule has 0 radical (unpaired) electrons. The van der Waals surface area contributed by atoms with Crippen molar-refractivity contribution in [2.24, 2.45) is 5.92 Å². The minimum Gasteiger partial charge on any atom is -0.298 e. The smallest absolute Gasteiger partial charge is 0.250 e. The van der Waals surface area contributed by atoms with E-state index in [9.17, 15) is 13.2 Å². The van der Waals surface area contributed by atoms with Crippen LogP contribution >= 0.6 is 27.3 Å². The highest BCUT2D eigenvalue weighted by molar-refractivity contribution is 9.11. The lowest BCUT2D eigenvalue weighted by molar-refractivity contribution is -0.120. The Kier molecular flexibility index (Phi) is 4.88. The van der Waals surface area contributed by atoms with Crippen LogP contribution in [-0.4, -0.2) is 20.7 Å². The van der Waals surface area contributed by atoms with Gasteiger partial charge in [0.05, 0.1) is 10.3 Å².